The average molecular weight is 296 g/mol. The van der Waals surface area contributed by atoms with Crippen LogP contribution in [0.2, 0.25) is 0 Å². The summed E-state index contributed by atoms with van der Waals surface area (Å²) in [6.07, 6.45) is 4.36. The van der Waals surface area contributed by atoms with Crippen molar-refractivity contribution in [3.8, 4) is 0 Å². The average Bonchev–Trinajstić information content (AvgIpc) is 2.54. The van der Waals surface area contributed by atoms with Gasteiger partial charge < -0.3 is 20.4 Å². The third kappa shape index (κ3) is 6.32. The van der Waals surface area contributed by atoms with Crippen molar-refractivity contribution >= 4 is 5.91 Å². The quantitative estimate of drug-likeness (QED) is 0.719. The van der Waals surface area contributed by atoms with Crippen LogP contribution in [0.4, 0.5) is 0 Å². The fraction of sp³-hybridized carbons (Fsp3) is 0.938. The third-order valence-electron chi connectivity index (χ3n) is 4.84. The molecule has 2 rings (SSSR count). The van der Waals surface area contributed by atoms with Crippen LogP contribution in [-0.4, -0.2) is 74.6 Å². The lowest BCUT2D eigenvalue weighted by Crippen LogP contribution is -2.47. The van der Waals surface area contributed by atoms with Crippen molar-refractivity contribution in [2.75, 3.05) is 58.9 Å². The maximum Gasteiger partial charge on any atom is 0.221 e. The van der Waals surface area contributed by atoms with Crippen LogP contribution in [0.15, 0.2) is 0 Å². The van der Waals surface area contributed by atoms with Gasteiger partial charge in [0.15, 0.2) is 0 Å². The van der Waals surface area contributed by atoms with E-state index in [9.17, 15) is 4.79 Å². The zero-order valence-electron chi connectivity index (χ0n) is 13.6. The molecule has 122 valence electrons. The molecule has 2 fully saturated rings. The zero-order valence-corrected chi connectivity index (χ0v) is 13.6. The Morgan fingerprint density at radius 2 is 2.00 bits per heavy atom. The molecule has 5 nitrogen and oxygen atoms in total. The summed E-state index contributed by atoms with van der Waals surface area (Å²) in [5.74, 6) is 0.970. The molecular formula is C16H32N4O. The van der Waals surface area contributed by atoms with E-state index in [0.29, 0.717) is 6.42 Å². The number of piperidine rings is 1. The van der Waals surface area contributed by atoms with E-state index in [2.05, 4.69) is 27.4 Å². The van der Waals surface area contributed by atoms with Crippen molar-refractivity contribution in [3.63, 3.8) is 0 Å². The van der Waals surface area contributed by atoms with Crippen LogP contribution in [0, 0.1) is 5.92 Å². The second kappa shape index (κ2) is 9.38. The molecule has 2 saturated heterocycles. The summed E-state index contributed by atoms with van der Waals surface area (Å²) in [5, 5.41) is 6.51. The van der Waals surface area contributed by atoms with Crippen molar-refractivity contribution in [2.24, 2.45) is 5.92 Å². The van der Waals surface area contributed by atoms with Gasteiger partial charge in [0, 0.05) is 45.7 Å². The zero-order chi connectivity index (χ0) is 14.9. The molecule has 2 aliphatic heterocycles. The van der Waals surface area contributed by atoms with Gasteiger partial charge in [-0.05, 0) is 44.8 Å². The number of hydrogen-bond donors (Lipinski definition) is 2. The van der Waals surface area contributed by atoms with Crippen molar-refractivity contribution in [2.45, 2.75) is 32.6 Å². The maximum atomic E-state index is 11.9. The maximum absolute atomic E-state index is 11.9. The van der Waals surface area contributed by atoms with Crippen molar-refractivity contribution in [3.05, 3.63) is 0 Å². The van der Waals surface area contributed by atoms with Gasteiger partial charge in [-0.25, -0.2) is 0 Å². The summed E-state index contributed by atoms with van der Waals surface area (Å²) in [4.78, 5) is 16.8. The van der Waals surface area contributed by atoms with E-state index in [1.54, 1.807) is 0 Å². The molecule has 0 spiro atoms. The number of carbonyl (C=O) groups excluding carboxylic acids is 1. The van der Waals surface area contributed by atoms with Gasteiger partial charge in [0.2, 0.25) is 5.91 Å². The lowest BCUT2D eigenvalue weighted by atomic mass is 9.96. The molecule has 0 saturated carbocycles. The van der Waals surface area contributed by atoms with E-state index in [4.69, 9.17) is 0 Å². The Hall–Kier alpha value is -0.650. The Balaban J connectivity index is 1.49. The van der Waals surface area contributed by atoms with Gasteiger partial charge in [0.25, 0.3) is 0 Å². The highest BCUT2D eigenvalue weighted by atomic mass is 16.1. The number of likely N-dealkylation sites (N-methyl/N-ethyl adjacent to an activating group) is 1. The number of piperazine rings is 1. The number of carbonyl (C=O) groups is 1. The molecule has 0 aromatic carbocycles. The van der Waals surface area contributed by atoms with E-state index in [1.165, 1.54) is 12.8 Å². The van der Waals surface area contributed by atoms with Crippen LogP contribution in [-0.2, 0) is 4.79 Å². The third-order valence-corrected chi connectivity index (χ3v) is 4.84. The smallest absolute Gasteiger partial charge is 0.221 e. The molecule has 0 bridgehead atoms. The number of nitrogens with one attached hydrogen (secondary N) is 2. The van der Waals surface area contributed by atoms with Crippen LogP contribution < -0.4 is 10.6 Å². The molecule has 1 amide bonds. The predicted octanol–water partition coefficient (Wildman–Crippen LogP) is 0.520. The molecule has 2 aliphatic rings. The Bertz CT molecular complexity index is 297. The molecule has 0 aliphatic carbocycles. The van der Waals surface area contributed by atoms with E-state index >= 15 is 0 Å². The lowest BCUT2D eigenvalue weighted by molar-refractivity contribution is -0.121. The fourth-order valence-corrected chi connectivity index (χ4v) is 3.26. The SMILES string of the molecule is CCN1CCN(CCC(=O)NCCC2CCCNC2)CC1. The van der Waals surface area contributed by atoms with Gasteiger partial charge in [0.05, 0.1) is 0 Å². The van der Waals surface area contributed by atoms with E-state index in [1.807, 2.05) is 0 Å². The first-order chi connectivity index (χ1) is 10.3. The highest BCUT2D eigenvalue weighted by Crippen LogP contribution is 2.12. The fourth-order valence-electron chi connectivity index (χ4n) is 3.26. The first-order valence-corrected chi connectivity index (χ1v) is 8.70. The molecule has 1 unspecified atom stereocenters. The van der Waals surface area contributed by atoms with Crippen molar-refractivity contribution in [1.29, 1.82) is 0 Å². The topological polar surface area (TPSA) is 47.6 Å². The summed E-state index contributed by atoms with van der Waals surface area (Å²) in [6.45, 7) is 11.9. The summed E-state index contributed by atoms with van der Waals surface area (Å²) >= 11 is 0. The normalized spacial score (nSPS) is 24.9. The Kier molecular flexibility index (Phi) is 7.47. The van der Waals surface area contributed by atoms with Gasteiger partial charge in [-0.15, -0.1) is 0 Å². The minimum absolute atomic E-state index is 0.219. The number of hydrogen-bond acceptors (Lipinski definition) is 4. The standard InChI is InChI=1S/C16H32N4O/c1-2-19-10-12-20(13-11-19)9-6-16(21)18-8-5-15-4-3-7-17-14-15/h15,17H,2-14H2,1H3,(H,18,21). The summed E-state index contributed by atoms with van der Waals surface area (Å²) in [6, 6.07) is 0. The lowest BCUT2D eigenvalue weighted by Gasteiger charge is -2.33. The van der Waals surface area contributed by atoms with Crippen LogP contribution in [0.3, 0.4) is 0 Å². The van der Waals surface area contributed by atoms with Crippen LogP contribution in [0.25, 0.3) is 0 Å². The first kappa shape index (κ1) is 16.7. The molecule has 1 atom stereocenters. The summed E-state index contributed by atoms with van der Waals surface area (Å²) < 4.78 is 0. The van der Waals surface area contributed by atoms with E-state index in [-0.39, 0.29) is 5.91 Å². The first-order valence-electron chi connectivity index (χ1n) is 8.70. The second-order valence-electron chi connectivity index (χ2n) is 6.38. The Morgan fingerprint density at radius 3 is 2.67 bits per heavy atom. The van der Waals surface area contributed by atoms with Gasteiger partial charge in [-0.1, -0.05) is 6.92 Å². The number of amides is 1. The molecule has 2 heterocycles. The largest absolute Gasteiger partial charge is 0.356 e. The van der Waals surface area contributed by atoms with Crippen molar-refractivity contribution < 1.29 is 4.79 Å². The van der Waals surface area contributed by atoms with Gasteiger partial charge in [-0.3, -0.25) is 4.79 Å². The number of rotatable bonds is 7. The van der Waals surface area contributed by atoms with Crippen LogP contribution in [0.5, 0.6) is 0 Å². The van der Waals surface area contributed by atoms with Crippen molar-refractivity contribution in [1.82, 2.24) is 20.4 Å². The molecule has 0 aromatic heterocycles. The highest BCUT2D eigenvalue weighted by Gasteiger charge is 2.16. The minimum atomic E-state index is 0.219. The molecule has 2 N–H and O–H groups in total. The number of nitrogens with zero attached hydrogens (tertiary/aromatic N) is 2. The summed E-state index contributed by atoms with van der Waals surface area (Å²) in [7, 11) is 0. The monoisotopic (exact) mass is 296 g/mol. The second-order valence-corrected chi connectivity index (χ2v) is 6.38. The molecule has 21 heavy (non-hydrogen) atoms. The Labute approximate surface area is 129 Å². The van der Waals surface area contributed by atoms with Crippen LogP contribution >= 0.6 is 0 Å². The molecule has 0 aromatic rings. The molecule has 0 radical (unpaired) electrons. The van der Waals surface area contributed by atoms with Gasteiger partial charge >= 0.3 is 0 Å². The summed E-state index contributed by atoms with van der Waals surface area (Å²) in [5.41, 5.74) is 0. The van der Waals surface area contributed by atoms with E-state index in [0.717, 1.165) is 71.2 Å². The van der Waals surface area contributed by atoms with Gasteiger partial charge in [-0.2, -0.15) is 0 Å². The predicted molar refractivity (Wildman–Crippen MR) is 86.4 cm³/mol. The molecular weight excluding hydrogens is 264 g/mol. The minimum Gasteiger partial charge on any atom is -0.356 e. The van der Waals surface area contributed by atoms with Crippen LogP contribution in [0.1, 0.15) is 32.6 Å². The van der Waals surface area contributed by atoms with E-state index < -0.39 is 0 Å². The molecule has 5 heteroatoms. The highest BCUT2D eigenvalue weighted by molar-refractivity contribution is 5.76. The Morgan fingerprint density at radius 1 is 1.24 bits per heavy atom. The van der Waals surface area contributed by atoms with Gasteiger partial charge in [0.1, 0.15) is 0 Å².